The SMILES string of the molecule is CC(C)Oc1ccc2[nH]cc(C(=O)c3ccc(Cl)o3)c2c1. The van der Waals surface area contributed by atoms with Gasteiger partial charge in [-0.1, -0.05) is 0 Å². The number of aromatic nitrogens is 1. The van der Waals surface area contributed by atoms with Gasteiger partial charge in [0.05, 0.1) is 11.7 Å². The molecule has 0 amide bonds. The number of nitrogens with one attached hydrogen (secondary N) is 1. The average molecular weight is 304 g/mol. The molecule has 2 aromatic heterocycles. The molecule has 0 radical (unpaired) electrons. The van der Waals surface area contributed by atoms with Crippen LogP contribution < -0.4 is 4.74 Å². The Morgan fingerprint density at radius 2 is 2.10 bits per heavy atom. The molecule has 0 aliphatic carbocycles. The normalized spacial score (nSPS) is 11.2. The fourth-order valence-corrected chi connectivity index (χ4v) is 2.35. The van der Waals surface area contributed by atoms with Gasteiger partial charge in [0.2, 0.25) is 5.78 Å². The molecule has 3 aromatic rings. The fraction of sp³-hybridized carbons (Fsp3) is 0.188. The van der Waals surface area contributed by atoms with Crippen LogP contribution in [0.3, 0.4) is 0 Å². The molecule has 21 heavy (non-hydrogen) atoms. The van der Waals surface area contributed by atoms with Crippen molar-refractivity contribution in [3.63, 3.8) is 0 Å². The Hall–Kier alpha value is -2.20. The highest BCUT2D eigenvalue weighted by Gasteiger charge is 2.18. The van der Waals surface area contributed by atoms with Crippen molar-refractivity contribution >= 4 is 28.3 Å². The van der Waals surface area contributed by atoms with Gasteiger partial charge in [-0.3, -0.25) is 4.79 Å². The topological polar surface area (TPSA) is 55.2 Å². The molecule has 108 valence electrons. The summed E-state index contributed by atoms with van der Waals surface area (Å²) in [6, 6.07) is 8.73. The minimum Gasteiger partial charge on any atom is -0.491 e. The van der Waals surface area contributed by atoms with Crippen molar-refractivity contribution in [2.75, 3.05) is 0 Å². The van der Waals surface area contributed by atoms with Gasteiger partial charge in [0.1, 0.15) is 5.75 Å². The summed E-state index contributed by atoms with van der Waals surface area (Å²) in [6.07, 6.45) is 1.74. The predicted octanol–water partition coefficient (Wildman–Crippen LogP) is 4.43. The Bertz CT molecular complexity index is 801. The molecule has 0 spiro atoms. The van der Waals surface area contributed by atoms with E-state index in [4.69, 9.17) is 20.8 Å². The number of ether oxygens (including phenoxy) is 1. The minimum atomic E-state index is -0.213. The van der Waals surface area contributed by atoms with E-state index in [9.17, 15) is 4.79 Å². The molecular weight excluding hydrogens is 290 g/mol. The highest BCUT2D eigenvalue weighted by atomic mass is 35.5. The average Bonchev–Trinajstić information content (AvgIpc) is 3.03. The van der Waals surface area contributed by atoms with Gasteiger partial charge in [-0.25, -0.2) is 0 Å². The molecule has 1 aromatic carbocycles. The number of carbonyl (C=O) groups excluding carboxylic acids is 1. The van der Waals surface area contributed by atoms with Crippen molar-refractivity contribution in [3.8, 4) is 5.75 Å². The van der Waals surface area contributed by atoms with Crippen LogP contribution in [0.15, 0.2) is 40.9 Å². The van der Waals surface area contributed by atoms with E-state index in [0.29, 0.717) is 5.56 Å². The number of aromatic amines is 1. The van der Waals surface area contributed by atoms with Gasteiger partial charge >= 0.3 is 0 Å². The summed E-state index contributed by atoms with van der Waals surface area (Å²) < 4.78 is 10.9. The number of H-pyrrole nitrogens is 1. The molecule has 0 saturated heterocycles. The maximum Gasteiger partial charge on any atom is 0.230 e. The molecule has 0 bridgehead atoms. The summed E-state index contributed by atoms with van der Waals surface area (Å²) >= 11 is 5.72. The summed E-state index contributed by atoms with van der Waals surface area (Å²) in [5.74, 6) is 0.731. The summed E-state index contributed by atoms with van der Waals surface area (Å²) in [5, 5.41) is 0.993. The van der Waals surface area contributed by atoms with Crippen LogP contribution in [0, 0.1) is 0 Å². The Kier molecular flexibility index (Phi) is 3.47. The smallest absolute Gasteiger partial charge is 0.230 e. The number of ketones is 1. The van der Waals surface area contributed by atoms with Crippen molar-refractivity contribution in [1.29, 1.82) is 0 Å². The highest BCUT2D eigenvalue weighted by Crippen LogP contribution is 2.27. The molecule has 0 aliphatic rings. The number of fused-ring (bicyclic) bond motifs is 1. The Morgan fingerprint density at radius 1 is 1.29 bits per heavy atom. The fourth-order valence-electron chi connectivity index (χ4n) is 2.20. The molecule has 0 atom stereocenters. The first-order valence-corrected chi connectivity index (χ1v) is 7.00. The van der Waals surface area contributed by atoms with Gasteiger partial charge in [-0.2, -0.15) is 0 Å². The number of carbonyl (C=O) groups is 1. The number of halogens is 1. The Balaban J connectivity index is 2.04. The maximum atomic E-state index is 12.5. The number of rotatable bonds is 4. The molecule has 0 unspecified atom stereocenters. The van der Waals surface area contributed by atoms with E-state index in [1.54, 1.807) is 18.3 Å². The Labute approximate surface area is 126 Å². The van der Waals surface area contributed by atoms with Gasteiger partial charge in [0.15, 0.2) is 11.0 Å². The maximum absolute atomic E-state index is 12.5. The lowest BCUT2D eigenvalue weighted by molar-refractivity contribution is 0.101. The third-order valence-corrected chi connectivity index (χ3v) is 3.27. The Morgan fingerprint density at radius 3 is 2.76 bits per heavy atom. The number of benzene rings is 1. The molecule has 3 rings (SSSR count). The van der Waals surface area contributed by atoms with E-state index in [1.165, 1.54) is 0 Å². The minimum absolute atomic E-state index is 0.0735. The first-order valence-electron chi connectivity index (χ1n) is 6.62. The summed E-state index contributed by atoms with van der Waals surface area (Å²) in [7, 11) is 0. The van der Waals surface area contributed by atoms with Crippen LogP contribution in [0.25, 0.3) is 10.9 Å². The first-order chi connectivity index (χ1) is 10.0. The third kappa shape index (κ3) is 2.67. The molecule has 4 nitrogen and oxygen atoms in total. The van der Waals surface area contributed by atoms with Crippen molar-refractivity contribution in [2.24, 2.45) is 0 Å². The zero-order chi connectivity index (χ0) is 15.0. The highest BCUT2D eigenvalue weighted by molar-refractivity contribution is 6.29. The lowest BCUT2D eigenvalue weighted by Gasteiger charge is -2.09. The molecule has 0 aliphatic heterocycles. The van der Waals surface area contributed by atoms with Gasteiger partial charge < -0.3 is 14.1 Å². The molecular formula is C16H14ClNO3. The van der Waals surface area contributed by atoms with Crippen molar-refractivity contribution in [2.45, 2.75) is 20.0 Å². The quantitative estimate of drug-likeness (QED) is 0.725. The van der Waals surface area contributed by atoms with Crippen molar-refractivity contribution in [3.05, 3.63) is 53.1 Å². The van der Waals surface area contributed by atoms with Crippen LogP contribution in [-0.2, 0) is 0 Å². The standard InChI is InChI=1S/C16H14ClNO3/c1-9(2)20-10-3-4-13-11(7-10)12(8-18-13)16(19)14-5-6-15(17)21-14/h3-9,18H,1-2H3. The van der Waals surface area contributed by atoms with Crippen LogP contribution in [0.2, 0.25) is 5.22 Å². The largest absolute Gasteiger partial charge is 0.491 e. The number of hydrogen-bond donors (Lipinski definition) is 1. The summed E-state index contributed by atoms with van der Waals surface area (Å²) in [4.78, 5) is 15.5. The second-order valence-electron chi connectivity index (χ2n) is 5.01. The lowest BCUT2D eigenvalue weighted by atomic mass is 10.1. The van der Waals surface area contributed by atoms with Gasteiger partial charge in [0, 0.05) is 17.1 Å². The van der Waals surface area contributed by atoms with Gasteiger partial charge in [0.25, 0.3) is 0 Å². The molecule has 0 fully saturated rings. The second kappa shape index (κ2) is 5.30. The molecule has 5 heteroatoms. The first kappa shape index (κ1) is 13.8. The van der Waals surface area contributed by atoms with Crippen molar-refractivity contribution in [1.82, 2.24) is 4.98 Å². The lowest BCUT2D eigenvalue weighted by Crippen LogP contribution is -2.05. The molecule has 0 saturated carbocycles. The van der Waals surface area contributed by atoms with E-state index in [1.807, 2.05) is 32.0 Å². The monoisotopic (exact) mass is 303 g/mol. The zero-order valence-corrected chi connectivity index (χ0v) is 12.4. The van der Waals surface area contributed by atoms with Crippen LogP contribution >= 0.6 is 11.6 Å². The summed E-state index contributed by atoms with van der Waals surface area (Å²) in [5.41, 5.74) is 1.40. The van der Waals surface area contributed by atoms with Crippen LogP contribution in [0.4, 0.5) is 0 Å². The second-order valence-corrected chi connectivity index (χ2v) is 5.38. The third-order valence-electron chi connectivity index (χ3n) is 3.07. The molecule has 1 N–H and O–H groups in total. The number of hydrogen-bond acceptors (Lipinski definition) is 3. The van der Waals surface area contributed by atoms with E-state index in [-0.39, 0.29) is 22.9 Å². The van der Waals surface area contributed by atoms with Crippen LogP contribution in [0.5, 0.6) is 5.75 Å². The predicted molar refractivity (Wildman–Crippen MR) is 81.2 cm³/mol. The van der Waals surface area contributed by atoms with E-state index in [0.717, 1.165) is 16.7 Å². The van der Waals surface area contributed by atoms with E-state index < -0.39 is 0 Å². The van der Waals surface area contributed by atoms with Crippen LogP contribution in [-0.4, -0.2) is 16.9 Å². The van der Waals surface area contributed by atoms with Gasteiger partial charge in [-0.15, -0.1) is 0 Å². The van der Waals surface area contributed by atoms with E-state index in [2.05, 4.69) is 4.98 Å². The van der Waals surface area contributed by atoms with Crippen LogP contribution in [0.1, 0.15) is 30.0 Å². The molecule has 2 heterocycles. The number of furan rings is 1. The van der Waals surface area contributed by atoms with E-state index >= 15 is 0 Å². The zero-order valence-electron chi connectivity index (χ0n) is 11.6. The summed E-state index contributed by atoms with van der Waals surface area (Å²) in [6.45, 7) is 3.91. The van der Waals surface area contributed by atoms with Gasteiger partial charge in [-0.05, 0) is 55.8 Å². The van der Waals surface area contributed by atoms with Crippen molar-refractivity contribution < 1.29 is 13.9 Å².